The van der Waals surface area contributed by atoms with E-state index in [4.69, 9.17) is 4.74 Å². The molecule has 0 unspecified atom stereocenters. The molecule has 2 rings (SSSR count). The smallest absolute Gasteiger partial charge is 0.127 e. The van der Waals surface area contributed by atoms with E-state index >= 15 is 0 Å². The van der Waals surface area contributed by atoms with Crippen molar-refractivity contribution in [1.82, 2.24) is 0 Å². The first kappa shape index (κ1) is 10.7. The minimum Gasteiger partial charge on any atom is -0.457 e. The average Bonchev–Trinajstić information content (AvgIpc) is 2.31. The molecule has 1 heteroatoms. The van der Waals surface area contributed by atoms with Crippen molar-refractivity contribution in [3.63, 3.8) is 0 Å². The third kappa shape index (κ3) is 2.63. The number of rotatable bonds is 3. The summed E-state index contributed by atoms with van der Waals surface area (Å²) in [6, 6.07) is 18.1. The summed E-state index contributed by atoms with van der Waals surface area (Å²) >= 11 is 0. The highest BCUT2D eigenvalue weighted by molar-refractivity contribution is 5.33. The molecule has 0 aliphatic heterocycles. The monoisotopic (exact) mass is 212 g/mol. The quantitative estimate of drug-likeness (QED) is 0.722. The lowest BCUT2D eigenvalue weighted by Crippen LogP contribution is -1.88. The second kappa shape index (κ2) is 4.84. The molecule has 1 nitrogen and oxygen atoms in total. The van der Waals surface area contributed by atoms with Gasteiger partial charge in [0.05, 0.1) is 0 Å². The van der Waals surface area contributed by atoms with E-state index < -0.39 is 0 Å². The molecule has 0 aliphatic rings. The Bertz CT molecular complexity index is 429. The van der Waals surface area contributed by atoms with Crippen LogP contribution in [0.15, 0.2) is 54.6 Å². The number of hydrogen-bond acceptors (Lipinski definition) is 1. The molecule has 0 amide bonds. The summed E-state index contributed by atoms with van der Waals surface area (Å²) in [5.41, 5.74) is 1.33. The van der Waals surface area contributed by atoms with E-state index in [9.17, 15) is 0 Å². The van der Waals surface area contributed by atoms with E-state index in [0.717, 1.165) is 11.5 Å². The van der Waals surface area contributed by atoms with Gasteiger partial charge in [-0.05, 0) is 35.7 Å². The maximum atomic E-state index is 5.71. The standard InChI is InChI=1S/C15H16O/c1-12(2)13-8-10-15(11-9-13)16-14-6-4-3-5-7-14/h3-12H,1-2H3. The van der Waals surface area contributed by atoms with E-state index in [-0.39, 0.29) is 0 Å². The molecule has 2 aromatic rings. The lowest BCUT2D eigenvalue weighted by Gasteiger charge is -2.08. The van der Waals surface area contributed by atoms with Crippen LogP contribution in [0.2, 0.25) is 0 Å². The van der Waals surface area contributed by atoms with E-state index in [0.29, 0.717) is 5.92 Å². The van der Waals surface area contributed by atoms with Gasteiger partial charge < -0.3 is 4.74 Å². The molecule has 0 heterocycles. The van der Waals surface area contributed by atoms with E-state index in [1.54, 1.807) is 0 Å². The summed E-state index contributed by atoms with van der Waals surface area (Å²) in [6.45, 7) is 4.38. The van der Waals surface area contributed by atoms with Crippen molar-refractivity contribution in [2.75, 3.05) is 0 Å². The van der Waals surface area contributed by atoms with Gasteiger partial charge in [-0.15, -0.1) is 0 Å². The Morgan fingerprint density at radius 2 is 1.31 bits per heavy atom. The van der Waals surface area contributed by atoms with E-state index in [1.165, 1.54) is 5.56 Å². The second-order valence-corrected chi connectivity index (χ2v) is 4.14. The van der Waals surface area contributed by atoms with Gasteiger partial charge >= 0.3 is 0 Å². The average molecular weight is 212 g/mol. The van der Waals surface area contributed by atoms with Gasteiger partial charge in [0.1, 0.15) is 11.5 Å². The number of ether oxygens (including phenoxy) is 1. The Labute approximate surface area is 96.7 Å². The summed E-state index contributed by atoms with van der Waals surface area (Å²) in [7, 11) is 0. The molecule has 0 saturated heterocycles. The van der Waals surface area contributed by atoms with Crippen LogP contribution in [0.25, 0.3) is 0 Å². The number of benzene rings is 2. The van der Waals surface area contributed by atoms with Gasteiger partial charge in [-0.3, -0.25) is 0 Å². The molecule has 82 valence electrons. The molecule has 2 aromatic carbocycles. The first-order chi connectivity index (χ1) is 7.75. The van der Waals surface area contributed by atoms with Crippen molar-refractivity contribution in [1.29, 1.82) is 0 Å². The first-order valence-electron chi connectivity index (χ1n) is 5.58. The molecule has 0 spiro atoms. The van der Waals surface area contributed by atoms with Crippen molar-refractivity contribution >= 4 is 0 Å². The van der Waals surface area contributed by atoms with Crippen LogP contribution in [-0.2, 0) is 0 Å². The van der Waals surface area contributed by atoms with Crippen LogP contribution in [0, 0.1) is 0 Å². The summed E-state index contributed by atoms with van der Waals surface area (Å²) in [5, 5.41) is 0. The highest BCUT2D eigenvalue weighted by Crippen LogP contribution is 2.23. The molecule has 16 heavy (non-hydrogen) atoms. The summed E-state index contributed by atoms with van der Waals surface area (Å²) in [5.74, 6) is 2.32. The van der Waals surface area contributed by atoms with Crippen LogP contribution in [0.1, 0.15) is 25.3 Å². The molecular formula is C15H16O. The fourth-order valence-electron chi connectivity index (χ4n) is 1.55. The van der Waals surface area contributed by atoms with Crippen LogP contribution in [-0.4, -0.2) is 0 Å². The van der Waals surface area contributed by atoms with Crippen molar-refractivity contribution in [2.45, 2.75) is 19.8 Å². The predicted molar refractivity (Wildman–Crippen MR) is 67.0 cm³/mol. The Morgan fingerprint density at radius 1 is 0.750 bits per heavy atom. The SMILES string of the molecule is CC(C)c1ccc(Oc2ccccc2)cc1. The third-order valence-electron chi connectivity index (χ3n) is 2.53. The Morgan fingerprint density at radius 3 is 1.88 bits per heavy atom. The van der Waals surface area contributed by atoms with Gasteiger partial charge in [0.2, 0.25) is 0 Å². The molecule has 0 saturated carbocycles. The van der Waals surface area contributed by atoms with Crippen LogP contribution in [0.4, 0.5) is 0 Å². The highest BCUT2D eigenvalue weighted by Gasteiger charge is 2.00. The number of hydrogen-bond donors (Lipinski definition) is 0. The molecule has 0 aliphatic carbocycles. The van der Waals surface area contributed by atoms with E-state index in [1.807, 2.05) is 42.5 Å². The van der Waals surface area contributed by atoms with Gasteiger partial charge in [0.25, 0.3) is 0 Å². The van der Waals surface area contributed by atoms with Crippen molar-refractivity contribution in [3.05, 3.63) is 60.2 Å². The lowest BCUT2D eigenvalue weighted by atomic mass is 10.0. The number of para-hydroxylation sites is 1. The molecule has 0 fully saturated rings. The van der Waals surface area contributed by atoms with Gasteiger partial charge in [-0.25, -0.2) is 0 Å². The Balaban J connectivity index is 2.11. The molecule has 0 radical (unpaired) electrons. The van der Waals surface area contributed by atoms with Gasteiger partial charge in [0.15, 0.2) is 0 Å². The molecule has 0 N–H and O–H groups in total. The minimum atomic E-state index is 0.561. The van der Waals surface area contributed by atoms with Crippen molar-refractivity contribution < 1.29 is 4.74 Å². The maximum Gasteiger partial charge on any atom is 0.127 e. The van der Waals surface area contributed by atoms with Crippen molar-refractivity contribution in [2.24, 2.45) is 0 Å². The second-order valence-electron chi connectivity index (χ2n) is 4.14. The lowest BCUT2D eigenvalue weighted by molar-refractivity contribution is 0.482. The van der Waals surface area contributed by atoms with Crippen molar-refractivity contribution in [3.8, 4) is 11.5 Å². The maximum absolute atomic E-state index is 5.71. The molecule has 0 aromatic heterocycles. The van der Waals surface area contributed by atoms with Crippen LogP contribution in [0.5, 0.6) is 11.5 Å². The summed E-state index contributed by atoms with van der Waals surface area (Å²) < 4.78 is 5.71. The fraction of sp³-hybridized carbons (Fsp3) is 0.200. The molecular weight excluding hydrogens is 196 g/mol. The Kier molecular flexibility index (Phi) is 3.25. The van der Waals surface area contributed by atoms with Crippen LogP contribution >= 0.6 is 0 Å². The zero-order valence-electron chi connectivity index (χ0n) is 9.68. The normalized spacial score (nSPS) is 10.4. The van der Waals surface area contributed by atoms with Gasteiger partial charge in [0, 0.05) is 0 Å². The third-order valence-corrected chi connectivity index (χ3v) is 2.53. The molecule has 0 atom stereocenters. The minimum absolute atomic E-state index is 0.561. The zero-order chi connectivity index (χ0) is 11.4. The topological polar surface area (TPSA) is 9.23 Å². The predicted octanol–water partition coefficient (Wildman–Crippen LogP) is 4.60. The van der Waals surface area contributed by atoms with Gasteiger partial charge in [-0.2, -0.15) is 0 Å². The molecule has 0 bridgehead atoms. The van der Waals surface area contributed by atoms with Crippen LogP contribution < -0.4 is 4.74 Å². The summed E-state index contributed by atoms with van der Waals surface area (Å²) in [6.07, 6.45) is 0. The Hall–Kier alpha value is -1.76. The zero-order valence-corrected chi connectivity index (χ0v) is 9.68. The first-order valence-corrected chi connectivity index (χ1v) is 5.58. The highest BCUT2D eigenvalue weighted by atomic mass is 16.5. The van der Waals surface area contributed by atoms with Crippen LogP contribution in [0.3, 0.4) is 0 Å². The largest absolute Gasteiger partial charge is 0.457 e. The van der Waals surface area contributed by atoms with E-state index in [2.05, 4.69) is 26.0 Å². The fourth-order valence-corrected chi connectivity index (χ4v) is 1.55. The summed E-state index contributed by atoms with van der Waals surface area (Å²) in [4.78, 5) is 0. The van der Waals surface area contributed by atoms with Gasteiger partial charge in [-0.1, -0.05) is 44.2 Å².